The lowest BCUT2D eigenvalue weighted by molar-refractivity contribution is -0.121. The van der Waals surface area contributed by atoms with Crippen molar-refractivity contribution in [2.45, 2.75) is 19.8 Å². The molecule has 1 fully saturated rings. The Balaban J connectivity index is 1.47. The molecular formula is C22H26N4O3. The van der Waals surface area contributed by atoms with Gasteiger partial charge in [0.05, 0.1) is 17.8 Å². The van der Waals surface area contributed by atoms with Gasteiger partial charge in [0.25, 0.3) is 5.91 Å². The third-order valence-electron chi connectivity index (χ3n) is 5.11. The first-order valence-electron chi connectivity index (χ1n) is 9.71. The largest absolute Gasteiger partial charge is 0.366 e. The molecule has 0 aliphatic carbocycles. The van der Waals surface area contributed by atoms with E-state index in [4.69, 9.17) is 5.73 Å². The average molecular weight is 394 g/mol. The van der Waals surface area contributed by atoms with E-state index in [2.05, 4.69) is 10.6 Å². The van der Waals surface area contributed by atoms with Gasteiger partial charge in [0.1, 0.15) is 0 Å². The third kappa shape index (κ3) is 5.65. The smallest absolute Gasteiger partial charge is 0.250 e. The van der Waals surface area contributed by atoms with E-state index >= 15 is 0 Å². The average Bonchev–Trinajstić information content (AvgIpc) is 2.70. The molecule has 0 saturated carbocycles. The SMILES string of the molecule is Cc1ccc(NC(=O)CN2CCC(C(=O)Nc3ccccc3C(N)=O)CC2)cc1. The van der Waals surface area contributed by atoms with Crippen LogP contribution >= 0.6 is 0 Å². The van der Waals surface area contributed by atoms with Gasteiger partial charge in [-0.3, -0.25) is 19.3 Å². The lowest BCUT2D eigenvalue weighted by atomic mass is 9.95. The number of anilines is 2. The van der Waals surface area contributed by atoms with E-state index in [1.54, 1.807) is 24.3 Å². The lowest BCUT2D eigenvalue weighted by Gasteiger charge is -2.30. The highest BCUT2D eigenvalue weighted by Gasteiger charge is 2.26. The van der Waals surface area contributed by atoms with Crippen LogP contribution in [0, 0.1) is 12.8 Å². The number of hydrogen-bond donors (Lipinski definition) is 3. The monoisotopic (exact) mass is 394 g/mol. The number of piperidine rings is 1. The molecule has 3 rings (SSSR count). The zero-order valence-electron chi connectivity index (χ0n) is 16.5. The van der Waals surface area contributed by atoms with Gasteiger partial charge in [0.2, 0.25) is 11.8 Å². The van der Waals surface area contributed by atoms with Crippen molar-refractivity contribution in [1.29, 1.82) is 0 Å². The lowest BCUT2D eigenvalue weighted by Crippen LogP contribution is -2.41. The minimum Gasteiger partial charge on any atom is -0.366 e. The molecule has 0 atom stereocenters. The van der Waals surface area contributed by atoms with Crippen LogP contribution in [0.15, 0.2) is 48.5 Å². The van der Waals surface area contributed by atoms with E-state index in [9.17, 15) is 14.4 Å². The van der Waals surface area contributed by atoms with Crippen LogP contribution in [0.2, 0.25) is 0 Å². The van der Waals surface area contributed by atoms with Crippen molar-refractivity contribution in [3.63, 3.8) is 0 Å². The molecule has 2 aromatic rings. The zero-order valence-corrected chi connectivity index (χ0v) is 16.5. The molecule has 7 nitrogen and oxygen atoms in total. The summed E-state index contributed by atoms with van der Waals surface area (Å²) in [6.45, 7) is 3.62. The predicted molar refractivity (Wildman–Crippen MR) is 113 cm³/mol. The molecule has 29 heavy (non-hydrogen) atoms. The van der Waals surface area contributed by atoms with Gasteiger partial charge in [0, 0.05) is 11.6 Å². The molecule has 1 heterocycles. The number of benzene rings is 2. The number of amides is 3. The molecule has 3 amide bonds. The van der Waals surface area contributed by atoms with Crippen LogP contribution < -0.4 is 16.4 Å². The van der Waals surface area contributed by atoms with Gasteiger partial charge >= 0.3 is 0 Å². The fourth-order valence-electron chi connectivity index (χ4n) is 3.44. The Morgan fingerprint density at radius 3 is 2.31 bits per heavy atom. The summed E-state index contributed by atoms with van der Waals surface area (Å²) >= 11 is 0. The number of nitrogens with two attached hydrogens (primary N) is 1. The summed E-state index contributed by atoms with van der Waals surface area (Å²) < 4.78 is 0. The molecule has 1 aliphatic heterocycles. The van der Waals surface area contributed by atoms with Crippen molar-refractivity contribution in [3.8, 4) is 0 Å². The summed E-state index contributed by atoms with van der Waals surface area (Å²) in [5, 5.41) is 5.71. The second-order valence-corrected chi connectivity index (χ2v) is 7.36. The summed E-state index contributed by atoms with van der Waals surface area (Å²) in [6.07, 6.45) is 1.31. The minimum atomic E-state index is -0.574. The van der Waals surface area contributed by atoms with Crippen LogP contribution in [0.3, 0.4) is 0 Å². The quantitative estimate of drug-likeness (QED) is 0.700. The Morgan fingerprint density at radius 1 is 1.00 bits per heavy atom. The summed E-state index contributed by atoms with van der Waals surface area (Å²) in [5.74, 6) is -0.919. The maximum absolute atomic E-state index is 12.6. The zero-order chi connectivity index (χ0) is 20.8. The van der Waals surface area contributed by atoms with Crippen LogP contribution in [-0.2, 0) is 9.59 Å². The Labute approximate surface area is 170 Å². The molecule has 0 spiro atoms. The molecule has 0 radical (unpaired) electrons. The third-order valence-corrected chi connectivity index (χ3v) is 5.11. The second kappa shape index (κ2) is 9.34. The summed E-state index contributed by atoms with van der Waals surface area (Å²) in [7, 11) is 0. The maximum atomic E-state index is 12.6. The van der Waals surface area contributed by atoms with Crippen LogP contribution in [0.1, 0.15) is 28.8 Å². The van der Waals surface area contributed by atoms with Gasteiger partial charge in [-0.25, -0.2) is 0 Å². The van der Waals surface area contributed by atoms with Gasteiger partial charge in [-0.15, -0.1) is 0 Å². The van der Waals surface area contributed by atoms with Gasteiger partial charge in [-0.2, -0.15) is 0 Å². The number of carbonyl (C=O) groups excluding carboxylic acids is 3. The second-order valence-electron chi connectivity index (χ2n) is 7.36. The van der Waals surface area contributed by atoms with Crippen molar-refractivity contribution < 1.29 is 14.4 Å². The van der Waals surface area contributed by atoms with Crippen LogP contribution in [0.4, 0.5) is 11.4 Å². The highest BCUT2D eigenvalue weighted by molar-refractivity contribution is 6.03. The molecule has 0 bridgehead atoms. The Hall–Kier alpha value is -3.19. The highest BCUT2D eigenvalue weighted by Crippen LogP contribution is 2.21. The number of para-hydroxylation sites is 1. The Kier molecular flexibility index (Phi) is 6.61. The number of likely N-dealkylation sites (tertiary alicyclic amines) is 1. The Morgan fingerprint density at radius 2 is 1.66 bits per heavy atom. The number of nitrogens with zero attached hydrogens (tertiary/aromatic N) is 1. The fraction of sp³-hybridized carbons (Fsp3) is 0.318. The molecule has 0 aromatic heterocycles. The standard InChI is InChI=1S/C22H26N4O3/c1-15-6-8-17(9-7-15)24-20(27)14-26-12-10-16(11-13-26)22(29)25-19-5-3-2-4-18(19)21(23)28/h2-9,16H,10-14H2,1H3,(H2,23,28)(H,24,27)(H,25,29). The van der Waals surface area contributed by atoms with E-state index in [1.807, 2.05) is 36.1 Å². The topological polar surface area (TPSA) is 105 Å². The van der Waals surface area contributed by atoms with Gasteiger partial charge in [-0.1, -0.05) is 29.8 Å². The minimum absolute atomic E-state index is 0.0628. The first kappa shape index (κ1) is 20.5. The van der Waals surface area contributed by atoms with E-state index < -0.39 is 5.91 Å². The van der Waals surface area contributed by atoms with Crippen LogP contribution in [0.5, 0.6) is 0 Å². The first-order valence-corrected chi connectivity index (χ1v) is 9.71. The number of primary amides is 1. The summed E-state index contributed by atoms with van der Waals surface area (Å²) in [4.78, 5) is 38.4. The normalized spacial score (nSPS) is 14.9. The van der Waals surface area contributed by atoms with Crippen LogP contribution in [-0.4, -0.2) is 42.3 Å². The maximum Gasteiger partial charge on any atom is 0.250 e. The molecule has 1 aliphatic rings. The van der Waals surface area contributed by atoms with Crippen molar-refractivity contribution >= 4 is 29.1 Å². The molecule has 152 valence electrons. The molecule has 0 unspecified atom stereocenters. The molecule has 2 aromatic carbocycles. The molecule has 1 saturated heterocycles. The number of aryl methyl sites for hydroxylation is 1. The van der Waals surface area contributed by atoms with Crippen molar-refractivity contribution in [1.82, 2.24) is 4.90 Å². The number of carbonyl (C=O) groups is 3. The summed E-state index contributed by atoms with van der Waals surface area (Å²) in [5.41, 5.74) is 8.01. The number of rotatable bonds is 6. The van der Waals surface area contributed by atoms with Gasteiger partial charge < -0.3 is 16.4 Å². The summed E-state index contributed by atoms with van der Waals surface area (Å²) in [6, 6.07) is 14.4. The van der Waals surface area contributed by atoms with Crippen molar-refractivity contribution in [3.05, 3.63) is 59.7 Å². The van der Waals surface area contributed by atoms with E-state index in [-0.39, 0.29) is 17.7 Å². The van der Waals surface area contributed by atoms with Gasteiger partial charge in [0.15, 0.2) is 0 Å². The van der Waals surface area contributed by atoms with Crippen LogP contribution in [0.25, 0.3) is 0 Å². The Bertz CT molecular complexity index is 887. The molecule has 4 N–H and O–H groups in total. The van der Waals surface area contributed by atoms with E-state index in [0.717, 1.165) is 11.3 Å². The first-order chi connectivity index (χ1) is 13.9. The van der Waals surface area contributed by atoms with Crippen molar-refractivity contribution in [2.24, 2.45) is 11.7 Å². The number of hydrogen-bond acceptors (Lipinski definition) is 4. The molecular weight excluding hydrogens is 368 g/mol. The van der Waals surface area contributed by atoms with E-state index in [1.165, 1.54) is 0 Å². The predicted octanol–water partition coefficient (Wildman–Crippen LogP) is 2.38. The fourth-order valence-corrected chi connectivity index (χ4v) is 3.44. The van der Waals surface area contributed by atoms with E-state index in [0.29, 0.717) is 43.7 Å². The van der Waals surface area contributed by atoms with Crippen molar-refractivity contribution in [2.75, 3.05) is 30.3 Å². The molecule has 7 heteroatoms. The number of nitrogens with one attached hydrogen (secondary N) is 2. The highest BCUT2D eigenvalue weighted by atomic mass is 16.2. The van der Waals surface area contributed by atoms with Gasteiger partial charge in [-0.05, 0) is 57.1 Å².